The predicted octanol–water partition coefficient (Wildman–Crippen LogP) is 3.10. The second kappa shape index (κ2) is 6.86. The molecule has 0 saturated carbocycles. The molecule has 0 spiro atoms. The number of hydrogen-bond donors (Lipinski definition) is 1. The van der Waals surface area contributed by atoms with Crippen molar-refractivity contribution in [3.63, 3.8) is 0 Å². The third kappa shape index (κ3) is 3.81. The molecule has 2 rings (SSSR count). The maximum absolute atomic E-state index is 5.93. The van der Waals surface area contributed by atoms with Crippen LogP contribution in [0.2, 0.25) is 0 Å². The number of aromatic nitrogens is 1. The van der Waals surface area contributed by atoms with Crippen molar-refractivity contribution in [1.82, 2.24) is 4.98 Å². The Bertz CT molecular complexity index is 522. The number of nitrogens with two attached hydrogens (primary N) is 1. The lowest BCUT2D eigenvalue weighted by Crippen LogP contribution is -2.32. The van der Waals surface area contributed by atoms with Gasteiger partial charge in [-0.3, -0.25) is 0 Å². The molecule has 108 valence electrons. The summed E-state index contributed by atoms with van der Waals surface area (Å²) in [6.45, 7) is 4.27. The number of anilines is 1. The van der Waals surface area contributed by atoms with Crippen LogP contribution in [0.5, 0.6) is 0 Å². The van der Waals surface area contributed by atoms with Gasteiger partial charge in [-0.15, -0.1) is 11.3 Å². The van der Waals surface area contributed by atoms with Crippen LogP contribution in [0.25, 0.3) is 0 Å². The molecule has 4 heteroatoms. The van der Waals surface area contributed by atoms with Gasteiger partial charge < -0.3 is 10.6 Å². The largest absolute Gasteiger partial charge is 0.356 e. The summed E-state index contributed by atoms with van der Waals surface area (Å²) in [6, 6.07) is 8.97. The molecule has 20 heavy (non-hydrogen) atoms. The highest BCUT2D eigenvalue weighted by Gasteiger charge is 2.16. The van der Waals surface area contributed by atoms with E-state index in [1.54, 1.807) is 0 Å². The zero-order valence-electron chi connectivity index (χ0n) is 12.4. The van der Waals surface area contributed by atoms with Gasteiger partial charge in [0.05, 0.1) is 0 Å². The molecule has 0 bridgehead atoms. The molecular weight excluding hydrogens is 266 g/mol. The fourth-order valence-electron chi connectivity index (χ4n) is 2.32. The smallest absolute Gasteiger partial charge is 0.131 e. The van der Waals surface area contributed by atoms with Crippen LogP contribution in [0.3, 0.4) is 0 Å². The van der Waals surface area contributed by atoms with Gasteiger partial charge in [0.1, 0.15) is 5.82 Å². The third-order valence-corrected chi connectivity index (χ3v) is 4.38. The Labute approximate surface area is 125 Å². The molecular formula is C16H23N3S. The molecule has 0 radical (unpaired) electrons. The van der Waals surface area contributed by atoms with Crippen LogP contribution < -0.4 is 10.6 Å². The molecule has 0 aliphatic rings. The summed E-state index contributed by atoms with van der Waals surface area (Å²) >= 11 is 1.81. The maximum atomic E-state index is 5.93. The highest BCUT2D eigenvalue weighted by atomic mass is 32.1. The van der Waals surface area contributed by atoms with E-state index in [1.807, 2.05) is 30.5 Å². The molecule has 0 amide bonds. The van der Waals surface area contributed by atoms with Crippen molar-refractivity contribution in [3.05, 3.63) is 46.3 Å². The molecule has 0 aliphatic carbocycles. The second-order valence-corrected chi connectivity index (χ2v) is 6.44. The fourth-order valence-corrected chi connectivity index (χ4v) is 3.15. The highest BCUT2D eigenvalue weighted by Crippen LogP contribution is 2.22. The first kappa shape index (κ1) is 15.0. The quantitative estimate of drug-likeness (QED) is 0.888. The van der Waals surface area contributed by atoms with Gasteiger partial charge in [0.15, 0.2) is 0 Å². The number of likely N-dealkylation sites (N-methyl/N-ethyl adjacent to an activating group) is 1. The van der Waals surface area contributed by atoms with Crippen molar-refractivity contribution < 1.29 is 0 Å². The molecule has 3 nitrogen and oxygen atoms in total. The van der Waals surface area contributed by atoms with Crippen molar-refractivity contribution in [3.8, 4) is 0 Å². The lowest BCUT2D eigenvalue weighted by Gasteiger charge is -2.28. The Balaban J connectivity index is 2.13. The Morgan fingerprint density at radius 1 is 1.25 bits per heavy atom. The molecule has 2 atom stereocenters. The van der Waals surface area contributed by atoms with Crippen LogP contribution >= 0.6 is 11.3 Å². The van der Waals surface area contributed by atoms with Crippen molar-refractivity contribution in [1.29, 1.82) is 0 Å². The first-order valence-electron chi connectivity index (χ1n) is 7.02. The van der Waals surface area contributed by atoms with Gasteiger partial charge in [-0.25, -0.2) is 4.98 Å². The van der Waals surface area contributed by atoms with Crippen LogP contribution in [-0.2, 0) is 12.8 Å². The lowest BCUT2D eigenvalue weighted by atomic mass is 10.1. The molecule has 2 heterocycles. The average molecular weight is 289 g/mol. The molecule has 0 aromatic carbocycles. The van der Waals surface area contributed by atoms with E-state index in [0.717, 1.165) is 18.7 Å². The normalized spacial score (nSPS) is 14.0. The summed E-state index contributed by atoms with van der Waals surface area (Å²) in [4.78, 5) is 8.23. The molecule has 2 aromatic rings. The summed E-state index contributed by atoms with van der Waals surface area (Å²) in [5, 5.41) is 2.13. The van der Waals surface area contributed by atoms with E-state index in [2.05, 4.69) is 47.4 Å². The first-order chi connectivity index (χ1) is 9.58. The molecule has 0 saturated heterocycles. The van der Waals surface area contributed by atoms with Gasteiger partial charge in [-0.05, 0) is 43.3 Å². The first-order valence-corrected chi connectivity index (χ1v) is 7.90. The number of rotatable bonds is 6. The summed E-state index contributed by atoms with van der Waals surface area (Å²) in [7, 11) is 2.12. The summed E-state index contributed by atoms with van der Waals surface area (Å²) in [5.74, 6) is 1.05. The Morgan fingerprint density at radius 3 is 2.70 bits per heavy atom. The van der Waals surface area contributed by atoms with E-state index in [1.165, 1.54) is 10.4 Å². The van der Waals surface area contributed by atoms with Gasteiger partial charge in [-0.2, -0.15) is 0 Å². The lowest BCUT2D eigenvalue weighted by molar-refractivity contribution is 0.668. The third-order valence-electron chi connectivity index (χ3n) is 3.48. The van der Waals surface area contributed by atoms with E-state index in [-0.39, 0.29) is 6.04 Å². The van der Waals surface area contributed by atoms with E-state index in [4.69, 9.17) is 5.73 Å². The highest BCUT2D eigenvalue weighted by molar-refractivity contribution is 7.09. The Morgan fingerprint density at radius 2 is 2.05 bits per heavy atom. The summed E-state index contributed by atoms with van der Waals surface area (Å²) < 4.78 is 0. The van der Waals surface area contributed by atoms with E-state index in [0.29, 0.717) is 6.04 Å². The zero-order chi connectivity index (χ0) is 14.5. The van der Waals surface area contributed by atoms with E-state index < -0.39 is 0 Å². The number of thiophene rings is 1. The SMILES string of the molecule is CC(N)Cc1cccnc1N(C)C(C)Cc1cccs1. The van der Waals surface area contributed by atoms with Crippen LogP contribution in [0.4, 0.5) is 5.82 Å². The van der Waals surface area contributed by atoms with Crippen molar-refractivity contribution >= 4 is 17.2 Å². The molecule has 2 N–H and O–H groups in total. The number of hydrogen-bond acceptors (Lipinski definition) is 4. The maximum Gasteiger partial charge on any atom is 0.131 e. The van der Waals surface area contributed by atoms with Crippen LogP contribution in [0.1, 0.15) is 24.3 Å². The van der Waals surface area contributed by atoms with Crippen molar-refractivity contribution in [2.75, 3.05) is 11.9 Å². The summed E-state index contributed by atoms with van der Waals surface area (Å²) in [5.41, 5.74) is 7.16. The summed E-state index contributed by atoms with van der Waals surface area (Å²) in [6.07, 6.45) is 3.76. The minimum absolute atomic E-state index is 0.152. The van der Waals surface area contributed by atoms with Gasteiger partial charge in [0, 0.05) is 36.6 Å². The molecule has 2 aromatic heterocycles. The van der Waals surface area contributed by atoms with Gasteiger partial charge in [-0.1, -0.05) is 12.1 Å². The van der Waals surface area contributed by atoms with Crippen LogP contribution in [0, 0.1) is 0 Å². The minimum atomic E-state index is 0.152. The Hall–Kier alpha value is -1.39. The van der Waals surface area contributed by atoms with Crippen molar-refractivity contribution in [2.24, 2.45) is 5.73 Å². The van der Waals surface area contributed by atoms with E-state index in [9.17, 15) is 0 Å². The zero-order valence-corrected chi connectivity index (χ0v) is 13.2. The van der Waals surface area contributed by atoms with Gasteiger partial charge >= 0.3 is 0 Å². The molecule has 2 unspecified atom stereocenters. The molecule has 0 fully saturated rings. The monoisotopic (exact) mass is 289 g/mol. The van der Waals surface area contributed by atoms with Crippen LogP contribution in [0.15, 0.2) is 35.8 Å². The molecule has 0 aliphatic heterocycles. The fraction of sp³-hybridized carbons (Fsp3) is 0.438. The second-order valence-electron chi connectivity index (χ2n) is 5.41. The van der Waals surface area contributed by atoms with Crippen LogP contribution in [-0.4, -0.2) is 24.1 Å². The average Bonchev–Trinajstić information content (AvgIpc) is 2.90. The Kier molecular flexibility index (Phi) is 5.15. The number of pyridine rings is 1. The van der Waals surface area contributed by atoms with Gasteiger partial charge in [0.2, 0.25) is 0 Å². The van der Waals surface area contributed by atoms with Gasteiger partial charge in [0.25, 0.3) is 0 Å². The standard InChI is InChI=1S/C16H23N3S/c1-12(17)10-14-6-4-8-18-16(14)19(3)13(2)11-15-7-5-9-20-15/h4-9,12-13H,10-11,17H2,1-3H3. The number of nitrogens with zero attached hydrogens (tertiary/aromatic N) is 2. The minimum Gasteiger partial charge on any atom is -0.356 e. The predicted molar refractivity (Wildman–Crippen MR) is 87.5 cm³/mol. The van der Waals surface area contributed by atoms with Crippen molar-refractivity contribution in [2.45, 2.75) is 38.8 Å². The topological polar surface area (TPSA) is 42.1 Å². The van der Waals surface area contributed by atoms with E-state index >= 15 is 0 Å².